The van der Waals surface area contributed by atoms with Gasteiger partial charge in [0.2, 0.25) is 11.5 Å². The quantitative estimate of drug-likeness (QED) is 0.0369. The molecule has 0 saturated carbocycles. The van der Waals surface area contributed by atoms with Crippen molar-refractivity contribution in [3.8, 4) is 57.5 Å². The average Bonchev–Trinajstić information content (AvgIpc) is 3.23. The Hall–Kier alpha value is -6.74. The molecule has 0 aliphatic heterocycles. The number of carbonyl (C=O) groups excluding carboxylic acids is 2. The first-order valence-electron chi connectivity index (χ1n) is 17.3. The van der Waals surface area contributed by atoms with Gasteiger partial charge in [-0.15, -0.1) is 0 Å². The second-order valence-corrected chi connectivity index (χ2v) is 11.4. The zero-order valence-corrected chi connectivity index (χ0v) is 33.0. The van der Waals surface area contributed by atoms with Gasteiger partial charge >= 0.3 is 12.3 Å². The number of benzene rings is 4. The van der Waals surface area contributed by atoms with E-state index < -0.39 is 12.3 Å². The van der Waals surface area contributed by atoms with Gasteiger partial charge in [0, 0.05) is 0 Å². The fourth-order valence-electron chi connectivity index (χ4n) is 5.24. The van der Waals surface area contributed by atoms with E-state index in [1.807, 2.05) is 24.3 Å². The van der Waals surface area contributed by atoms with Gasteiger partial charge in [0.25, 0.3) is 0 Å². The third kappa shape index (κ3) is 12.1. The molecule has 0 aliphatic rings. The lowest BCUT2D eigenvalue weighted by molar-refractivity contribution is 0.0264. The Labute approximate surface area is 331 Å². The number of rotatable bonds is 20. The number of carbonyl (C=O) groups is 2. The Morgan fingerprint density at radius 2 is 0.702 bits per heavy atom. The highest BCUT2D eigenvalue weighted by Gasteiger charge is 2.16. The largest absolute Gasteiger partial charge is 0.514 e. The molecule has 0 heterocycles. The molecule has 0 aliphatic carbocycles. The van der Waals surface area contributed by atoms with Crippen LogP contribution in [0.15, 0.2) is 60.7 Å². The van der Waals surface area contributed by atoms with Gasteiger partial charge in [0.05, 0.1) is 70.1 Å². The van der Waals surface area contributed by atoms with Crippen molar-refractivity contribution >= 4 is 36.6 Å². The molecule has 0 N–H and O–H groups in total. The van der Waals surface area contributed by atoms with Gasteiger partial charge in [-0.3, -0.25) is 0 Å². The topological polar surface area (TPSA) is 154 Å². The zero-order chi connectivity index (χ0) is 41.2. The van der Waals surface area contributed by atoms with E-state index in [2.05, 4.69) is 0 Å². The van der Waals surface area contributed by atoms with Crippen molar-refractivity contribution < 1.29 is 71.2 Å². The van der Waals surface area contributed by atoms with Gasteiger partial charge in [0.1, 0.15) is 13.2 Å². The molecule has 0 unspecified atom stereocenters. The molecule has 4 rings (SSSR count). The minimum atomic E-state index is -0.961. The van der Waals surface area contributed by atoms with Crippen LogP contribution in [0, 0.1) is 0 Å². The summed E-state index contributed by atoms with van der Waals surface area (Å²) in [6.07, 6.45) is 5.38. The fraction of sp³-hybridized carbons (Fsp3) is 0.286. The van der Waals surface area contributed by atoms with E-state index in [1.54, 1.807) is 89.1 Å². The molecule has 0 amide bonds. The summed E-state index contributed by atoms with van der Waals surface area (Å²) < 4.78 is 69.6. The van der Waals surface area contributed by atoms with Crippen LogP contribution in [0.3, 0.4) is 0 Å². The molecule has 304 valence electrons. The summed E-state index contributed by atoms with van der Waals surface area (Å²) >= 11 is 0. The molecular formula is C42H46O15. The molecule has 0 saturated heterocycles. The summed E-state index contributed by atoms with van der Waals surface area (Å²) in [6.45, 7) is -0.230. The minimum Gasteiger partial charge on any atom is -0.493 e. The lowest BCUT2D eigenvalue weighted by Gasteiger charge is -2.13. The maximum Gasteiger partial charge on any atom is 0.514 e. The van der Waals surface area contributed by atoms with E-state index in [0.717, 1.165) is 11.1 Å². The van der Waals surface area contributed by atoms with E-state index in [1.165, 1.54) is 28.4 Å². The standard InChI is InChI=1S/C42H46O15/c1-45-31-15-13-27(9-11-29-23-35(47-3)39(51-7)36(24-29)48-4)21-33(31)56-41(43)54-19-17-53-18-20-55-42(44)57-34-22-28(14-16-32(34)46-2)10-12-30-25-37(49-5)40(52-8)38(26-30)50-6/h9-16,21-26H,17-20H2,1-8H3/b11-9-,12-10-. The Balaban J connectivity index is 1.22. The van der Waals surface area contributed by atoms with Gasteiger partial charge in [0.15, 0.2) is 46.0 Å². The smallest absolute Gasteiger partial charge is 0.493 e. The first-order valence-corrected chi connectivity index (χ1v) is 17.3. The molecule has 0 radical (unpaired) electrons. The summed E-state index contributed by atoms with van der Waals surface area (Å²) in [7, 11) is 12.1. The third-order valence-corrected chi connectivity index (χ3v) is 7.97. The van der Waals surface area contributed by atoms with E-state index in [4.69, 9.17) is 61.6 Å². The zero-order valence-electron chi connectivity index (χ0n) is 33.0. The number of ether oxygens (including phenoxy) is 13. The van der Waals surface area contributed by atoms with Gasteiger partial charge in [-0.25, -0.2) is 9.59 Å². The van der Waals surface area contributed by atoms with Crippen LogP contribution in [0.1, 0.15) is 22.3 Å². The monoisotopic (exact) mass is 790 g/mol. The maximum absolute atomic E-state index is 12.5. The van der Waals surface area contributed by atoms with Crippen molar-refractivity contribution in [3.63, 3.8) is 0 Å². The van der Waals surface area contributed by atoms with E-state index in [0.29, 0.717) is 57.1 Å². The van der Waals surface area contributed by atoms with Crippen molar-refractivity contribution in [3.05, 3.63) is 82.9 Å². The summed E-state index contributed by atoms with van der Waals surface area (Å²) in [5.41, 5.74) is 3.00. The van der Waals surface area contributed by atoms with Gasteiger partial charge in [-0.05, 0) is 70.8 Å². The highest BCUT2D eigenvalue weighted by Crippen LogP contribution is 2.40. The molecule has 4 aromatic rings. The first-order chi connectivity index (χ1) is 27.7. The number of hydrogen-bond donors (Lipinski definition) is 0. The predicted molar refractivity (Wildman–Crippen MR) is 211 cm³/mol. The molecule has 0 fully saturated rings. The van der Waals surface area contributed by atoms with Crippen LogP contribution in [0.4, 0.5) is 9.59 Å². The van der Waals surface area contributed by atoms with Crippen LogP contribution >= 0.6 is 0 Å². The van der Waals surface area contributed by atoms with Crippen LogP contribution in [0.2, 0.25) is 0 Å². The second kappa shape index (κ2) is 22.0. The summed E-state index contributed by atoms with van der Waals surface area (Å²) in [4.78, 5) is 24.9. The minimum absolute atomic E-state index is 0.0103. The maximum atomic E-state index is 12.5. The van der Waals surface area contributed by atoms with Crippen LogP contribution < -0.4 is 47.4 Å². The predicted octanol–water partition coefficient (Wildman–Crippen LogP) is 7.84. The average molecular weight is 791 g/mol. The van der Waals surface area contributed by atoms with Gasteiger partial charge in [-0.2, -0.15) is 0 Å². The first kappa shape index (κ1) is 43.0. The lowest BCUT2D eigenvalue weighted by Crippen LogP contribution is -2.18. The third-order valence-electron chi connectivity index (χ3n) is 7.97. The molecule has 15 heteroatoms. The van der Waals surface area contributed by atoms with E-state index >= 15 is 0 Å². The summed E-state index contributed by atoms with van der Waals surface area (Å²) in [5.74, 6) is 3.96. The van der Waals surface area contributed by atoms with Crippen molar-refractivity contribution in [1.29, 1.82) is 0 Å². The van der Waals surface area contributed by atoms with Crippen LogP contribution in [-0.2, 0) is 14.2 Å². The summed E-state index contributed by atoms with van der Waals surface area (Å²) in [5, 5.41) is 0. The van der Waals surface area contributed by atoms with E-state index in [9.17, 15) is 9.59 Å². The molecule has 4 aromatic carbocycles. The van der Waals surface area contributed by atoms with Crippen molar-refractivity contribution in [2.24, 2.45) is 0 Å². The summed E-state index contributed by atoms with van der Waals surface area (Å²) in [6, 6.07) is 17.4. The van der Waals surface area contributed by atoms with Crippen molar-refractivity contribution in [2.45, 2.75) is 0 Å². The Morgan fingerprint density at radius 3 is 1.02 bits per heavy atom. The number of hydrogen-bond acceptors (Lipinski definition) is 15. The molecule has 0 aromatic heterocycles. The second-order valence-electron chi connectivity index (χ2n) is 11.4. The molecule has 0 atom stereocenters. The van der Waals surface area contributed by atoms with Gasteiger partial charge < -0.3 is 61.6 Å². The fourth-order valence-corrected chi connectivity index (χ4v) is 5.24. The highest BCUT2D eigenvalue weighted by molar-refractivity contribution is 5.76. The van der Waals surface area contributed by atoms with E-state index in [-0.39, 0.29) is 37.9 Å². The van der Waals surface area contributed by atoms with Crippen molar-refractivity contribution in [2.75, 3.05) is 83.3 Å². The SMILES string of the molecule is COc1ccc(/C=C\c2cc(OC)c(OC)c(OC)c2)cc1OC(=O)OCCOCCOC(=O)Oc1cc(/C=C\c2cc(OC)c(OC)c(OC)c2)ccc1OC. The lowest BCUT2D eigenvalue weighted by atomic mass is 10.1. The Bertz CT molecular complexity index is 1830. The highest BCUT2D eigenvalue weighted by atomic mass is 16.7. The molecule has 57 heavy (non-hydrogen) atoms. The van der Waals surface area contributed by atoms with Crippen LogP contribution in [-0.4, -0.2) is 95.6 Å². The van der Waals surface area contributed by atoms with Gasteiger partial charge in [-0.1, -0.05) is 36.4 Å². The van der Waals surface area contributed by atoms with Crippen LogP contribution in [0.25, 0.3) is 24.3 Å². The molecule has 15 nitrogen and oxygen atoms in total. The van der Waals surface area contributed by atoms with Crippen LogP contribution in [0.5, 0.6) is 57.5 Å². The normalized spacial score (nSPS) is 10.8. The molecule has 0 bridgehead atoms. The Kier molecular flexibility index (Phi) is 16.6. The molecule has 0 spiro atoms. The number of methoxy groups -OCH3 is 8. The van der Waals surface area contributed by atoms with Crippen molar-refractivity contribution in [1.82, 2.24) is 0 Å². The Morgan fingerprint density at radius 1 is 0.386 bits per heavy atom. The molecular weight excluding hydrogens is 744 g/mol.